The normalized spacial score (nSPS) is 27.6. The van der Waals surface area contributed by atoms with Crippen LogP contribution in [-0.2, 0) is 13.5 Å². The fraction of sp³-hybridized carbons (Fsp3) is 0.464. The minimum absolute atomic E-state index is 0.0825. The van der Waals surface area contributed by atoms with Crippen LogP contribution in [0.15, 0.2) is 47.4 Å². The third-order valence-electron chi connectivity index (χ3n) is 8.32. The summed E-state index contributed by atoms with van der Waals surface area (Å²) < 4.78 is 1.53. The number of rotatable bonds is 3. The zero-order valence-corrected chi connectivity index (χ0v) is 20.7. The monoisotopic (exact) mass is 471 g/mol. The van der Waals surface area contributed by atoms with Gasteiger partial charge in [0.15, 0.2) is 5.82 Å². The molecule has 6 rings (SSSR count). The minimum Gasteiger partial charge on any atom is -0.507 e. The van der Waals surface area contributed by atoms with E-state index in [1.807, 2.05) is 18.2 Å². The number of benzene rings is 1. The van der Waals surface area contributed by atoms with E-state index in [-0.39, 0.29) is 22.4 Å². The zero-order valence-electron chi connectivity index (χ0n) is 20.7. The highest BCUT2D eigenvalue weighted by Crippen LogP contribution is 2.45. The van der Waals surface area contributed by atoms with Gasteiger partial charge in [-0.1, -0.05) is 6.07 Å². The van der Waals surface area contributed by atoms with E-state index in [1.165, 1.54) is 23.0 Å². The van der Waals surface area contributed by atoms with E-state index in [1.54, 1.807) is 25.4 Å². The molecule has 0 saturated carbocycles. The molecule has 2 aromatic heterocycles. The molecule has 7 heteroatoms. The van der Waals surface area contributed by atoms with Crippen molar-refractivity contribution in [2.24, 2.45) is 7.05 Å². The van der Waals surface area contributed by atoms with Crippen LogP contribution in [0.5, 0.6) is 5.75 Å². The highest BCUT2D eigenvalue weighted by atomic mass is 16.3. The molecule has 5 heterocycles. The first-order chi connectivity index (χ1) is 16.7. The van der Waals surface area contributed by atoms with Crippen LogP contribution in [0.3, 0.4) is 0 Å². The average Bonchev–Trinajstić information content (AvgIpc) is 3.06. The number of nitrogens with one attached hydrogen (secondary N) is 1. The molecule has 3 aromatic rings. The number of nitrogens with zero attached hydrogens (tertiary/aromatic N) is 4. The Morgan fingerprint density at radius 3 is 2.49 bits per heavy atom. The fourth-order valence-corrected chi connectivity index (χ4v) is 6.58. The quantitative estimate of drug-likeness (QED) is 0.600. The summed E-state index contributed by atoms with van der Waals surface area (Å²) in [4.78, 5) is 14.5. The van der Waals surface area contributed by atoms with Crippen LogP contribution < -0.4 is 15.8 Å². The first kappa shape index (κ1) is 22.3. The van der Waals surface area contributed by atoms with E-state index in [0.717, 1.165) is 49.2 Å². The molecule has 2 saturated heterocycles. The van der Waals surface area contributed by atoms with E-state index in [9.17, 15) is 9.90 Å². The predicted octanol–water partition coefficient (Wildman–Crippen LogP) is 4.03. The summed E-state index contributed by atoms with van der Waals surface area (Å²) in [6, 6.07) is 11.5. The molecule has 0 radical (unpaired) electrons. The summed E-state index contributed by atoms with van der Waals surface area (Å²) in [5.41, 5.74) is 4.45. The van der Waals surface area contributed by atoms with Crippen LogP contribution in [-0.4, -0.2) is 43.5 Å². The molecule has 3 atom stereocenters. The first-order valence-electron chi connectivity index (χ1n) is 12.7. The highest BCUT2D eigenvalue weighted by molar-refractivity contribution is 5.75. The van der Waals surface area contributed by atoms with Crippen LogP contribution >= 0.6 is 0 Å². The Morgan fingerprint density at radius 2 is 1.77 bits per heavy atom. The number of phenolic OH excluding ortho intramolecular Hbond substituents is 1. The van der Waals surface area contributed by atoms with Gasteiger partial charge in [0, 0.05) is 48.5 Å². The van der Waals surface area contributed by atoms with Gasteiger partial charge < -0.3 is 19.9 Å². The number of phenols is 1. The highest BCUT2D eigenvalue weighted by Gasteiger charge is 2.50. The molecule has 2 fully saturated rings. The number of piperidine rings is 1. The van der Waals surface area contributed by atoms with Gasteiger partial charge in [0.2, 0.25) is 0 Å². The number of hydrogen-bond acceptors (Lipinski definition) is 6. The standard InChI is InChI=1S/C28H33N5O2/c1-27-9-10-28(2,31-27)17-21(16-27)33-11-4-5-20-13-23(29-30-26(20)33)22-7-6-18(14-24(22)34)19-8-12-32(3)25(35)15-19/h6-8,12-15,21,31,34H,4-5,9-11,16-17H2,1-3H3/t21?,27-,28+. The third kappa shape index (κ3) is 3.92. The first-order valence-corrected chi connectivity index (χ1v) is 12.7. The molecule has 3 aliphatic heterocycles. The van der Waals surface area contributed by atoms with Crippen LogP contribution in [0.25, 0.3) is 22.4 Å². The predicted molar refractivity (Wildman–Crippen MR) is 138 cm³/mol. The Kier molecular flexibility index (Phi) is 5.04. The molecular weight excluding hydrogens is 438 g/mol. The van der Waals surface area contributed by atoms with Crippen molar-refractivity contribution in [1.82, 2.24) is 20.1 Å². The summed E-state index contributed by atoms with van der Waals surface area (Å²) in [5, 5.41) is 24.0. The topological polar surface area (TPSA) is 83.3 Å². The van der Waals surface area contributed by atoms with E-state index in [0.29, 0.717) is 17.3 Å². The molecule has 7 nitrogen and oxygen atoms in total. The summed E-state index contributed by atoms with van der Waals surface area (Å²) >= 11 is 0. The maximum Gasteiger partial charge on any atom is 0.250 e. The number of aryl methyl sites for hydroxylation is 2. The van der Waals surface area contributed by atoms with Crippen molar-refractivity contribution < 1.29 is 5.11 Å². The minimum atomic E-state index is -0.0825. The van der Waals surface area contributed by atoms with Crippen LogP contribution in [0.1, 0.15) is 51.5 Å². The summed E-state index contributed by atoms with van der Waals surface area (Å²) in [5.74, 6) is 1.15. The van der Waals surface area contributed by atoms with Crippen molar-refractivity contribution in [3.63, 3.8) is 0 Å². The summed E-state index contributed by atoms with van der Waals surface area (Å²) in [7, 11) is 1.72. The molecule has 182 valence electrons. The smallest absolute Gasteiger partial charge is 0.250 e. The lowest BCUT2D eigenvalue weighted by atomic mass is 9.83. The second-order valence-corrected chi connectivity index (χ2v) is 11.3. The lowest BCUT2D eigenvalue weighted by Crippen LogP contribution is -2.59. The number of aromatic hydroxyl groups is 1. The van der Waals surface area contributed by atoms with Gasteiger partial charge in [0.1, 0.15) is 5.75 Å². The number of fused-ring (bicyclic) bond motifs is 3. The van der Waals surface area contributed by atoms with Crippen LogP contribution in [0.2, 0.25) is 0 Å². The zero-order chi connectivity index (χ0) is 24.4. The lowest BCUT2D eigenvalue weighted by molar-refractivity contribution is 0.203. The maximum absolute atomic E-state index is 12.0. The SMILES string of the molecule is Cn1ccc(-c2ccc(-c3cc4c(nn3)N(C3C[C@]5(C)CC[C@](C)(C3)N5)CCC4)c(O)c2)cc1=O. The summed E-state index contributed by atoms with van der Waals surface area (Å²) in [6.45, 7) is 5.75. The van der Waals surface area contributed by atoms with Crippen molar-refractivity contribution in [2.75, 3.05) is 11.4 Å². The Hall–Kier alpha value is -3.19. The van der Waals surface area contributed by atoms with Crippen molar-refractivity contribution in [2.45, 2.75) is 69.5 Å². The van der Waals surface area contributed by atoms with Crippen molar-refractivity contribution >= 4 is 5.82 Å². The fourth-order valence-electron chi connectivity index (χ4n) is 6.58. The van der Waals surface area contributed by atoms with Crippen molar-refractivity contribution in [3.8, 4) is 28.1 Å². The van der Waals surface area contributed by atoms with Gasteiger partial charge in [0.25, 0.3) is 5.56 Å². The molecule has 2 N–H and O–H groups in total. The van der Waals surface area contributed by atoms with E-state index in [4.69, 9.17) is 5.10 Å². The second-order valence-electron chi connectivity index (χ2n) is 11.3. The Morgan fingerprint density at radius 1 is 1.03 bits per heavy atom. The lowest BCUT2D eigenvalue weighted by Gasteiger charge is -2.47. The Bertz CT molecular complexity index is 1350. The number of pyridine rings is 1. The molecule has 1 aromatic carbocycles. The van der Waals surface area contributed by atoms with E-state index in [2.05, 4.69) is 35.2 Å². The van der Waals surface area contributed by atoms with E-state index >= 15 is 0 Å². The maximum atomic E-state index is 12.0. The van der Waals surface area contributed by atoms with Gasteiger partial charge in [-0.2, -0.15) is 0 Å². The van der Waals surface area contributed by atoms with Gasteiger partial charge in [-0.3, -0.25) is 4.79 Å². The number of aromatic nitrogens is 3. The van der Waals surface area contributed by atoms with Crippen molar-refractivity contribution in [3.05, 3.63) is 58.5 Å². The molecule has 0 amide bonds. The third-order valence-corrected chi connectivity index (χ3v) is 8.32. The van der Waals surface area contributed by atoms with Crippen LogP contribution in [0.4, 0.5) is 5.82 Å². The number of anilines is 1. The Labute approximate surface area is 205 Å². The molecule has 2 bridgehead atoms. The van der Waals surface area contributed by atoms with Crippen molar-refractivity contribution in [1.29, 1.82) is 0 Å². The molecule has 1 unspecified atom stereocenters. The summed E-state index contributed by atoms with van der Waals surface area (Å²) in [6.07, 6.45) is 8.55. The van der Waals surface area contributed by atoms with Crippen LogP contribution in [0, 0.1) is 0 Å². The van der Waals surface area contributed by atoms with Gasteiger partial charge in [-0.05, 0) is 93.3 Å². The molecule has 0 spiro atoms. The van der Waals surface area contributed by atoms with Gasteiger partial charge >= 0.3 is 0 Å². The molecule has 35 heavy (non-hydrogen) atoms. The second kappa shape index (κ2) is 7.92. The molecule has 0 aliphatic carbocycles. The van der Waals surface area contributed by atoms with Gasteiger partial charge in [0.05, 0.1) is 5.69 Å². The largest absolute Gasteiger partial charge is 0.507 e. The number of hydrogen-bond donors (Lipinski definition) is 2. The molecule has 3 aliphatic rings. The Balaban J connectivity index is 1.30. The van der Waals surface area contributed by atoms with E-state index < -0.39 is 0 Å². The average molecular weight is 472 g/mol. The molecular formula is C28H33N5O2. The van der Waals surface area contributed by atoms with Gasteiger partial charge in [-0.15, -0.1) is 10.2 Å². The van der Waals surface area contributed by atoms with Gasteiger partial charge in [-0.25, -0.2) is 0 Å².